The lowest BCUT2D eigenvalue weighted by Gasteiger charge is -2.21. The minimum Gasteiger partial charge on any atom is -0.370 e. The van der Waals surface area contributed by atoms with Crippen LogP contribution in [-0.2, 0) is 0 Å². The van der Waals surface area contributed by atoms with Crippen molar-refractivity contribution in [1.82, 2.24) is 9.97 Å². The number of aromatic nitrogens is 2. The third-order valence-electron chi connectivity index (χ3n) is 4.60. The average molecular weight is 379 g/mol. The van der Waals surface area contributed by atoms with E-state index in [-0.39, 0.29) is 5.91 Å². The van der Waals surface area contributed by atoms with Crippen LogP contribution in [0.25, 0.3) is 11.4 Å². The van der Waals surface area contributed by atoms with Crippen LogP contribution in [0.4, 0.5) is 11.4 Å². The summed E-state index contributed by atoms with van der Waals surface area (Å²) < 4.78 is 0. The van der Waals surface area contributed by atoms with Crippen LogP contribution in [0.2, 0.25) is 5.02 Å². The molecule has 1 aliphatic heterocycles. The van der Waals surface area contributed by atoms with E-state index in [1.807, 2.05) is 42.5 Å². The van der Waals surface area contributed by atoms with Crippen LogP contribution in [0.1, 0.15) is 23.2 Å². The first-order chi connectivity index (χ1) is 13.2. The standard InChI is InChI=1S/C21H19ClN4O/c22-17-8-9-19(26-10-4-5-11-26)18(12-17)25-21(27)16-13-23-20(24-14-16)15-6-2-1-3-7-15/h1-3,6-9,12-14H,4-5,10-11H2,(H,25,27). The lowest BCUT2D eigenvalue weighted by atomic mass is 10.2. The molecule has 4 rings (SSSR count). The largest absolute Gasteiger partial charge is 0.370 e. The van der Waals surface area contributed by atoms with Gasteiger partial charge in [-0.2, -0.15) is 0 Å². The molecule has 1 aliphatic rings. The van der Waals surface area contributed by atoms with Crippen LogP contribution in [0, 0.1) is 0 Å². The number of nitrogens with zero attached hydrogens (tertiary/aromatic N) is 3. The second-order valence-electron chi connectivity index (χ2n) is 6.47. The van der Waals surface area contributed by atoms with Crippen molar-refractivity contribution in [3.8, 4) is 11.4 Å². The lowest BCUT2D eigenvalue weighted by molar-refractivity contribution is 0.102. The Balaban J connectivity index is 1.55. The molecular formula is C21H19ClN4O. The SMILES string of the molecule is O=C(Nc1cc(Cl)ccc1N1CCCC1)c1cnc(-c2ccccc2)nc1. The number of hydrogen-bond donors (Lipinski definition) is 1. The van der Waals surface area contributed by atoms with Crippen molar-refractivity contribution in [3.63, 3.8) is 0 Å². The van der Waals surface area contributed by atoms with Gasteiger partial charge in [0.15, 0.2) is 5.82 Å². The topological polar surface area (TPSA) is 58.1 Å². The fourth-order valence-corrected chi connectivity index (χ4v) is 3.39. The summed E-state index contributed by atoms with van der Waals surface area (Å²) in [5.41, 5.74) is 3.02. The predicted molar refractivity (Wildman–Crippen MR) is 108 cm³/mol. The summed E-state index contributed by atoms with van der Waals surface area (Å²) in [5, 5.41) is 3.55. The smallest absolute Gasteiger partial charge is 0.258 e. The van der Waals surface area contributed by atoms with Crippen molar-refractivity contribution in [3.05, 3.63) is 71.5 Å². The number of anilines is 2. The molecule has 1 amide bonds. The van der Waals surface area contributed by atoms with Crippen molar-refractivity contribution in [2.75, 3.05) is 23.3 Å². The molecule has 0 radical (unpaired) electrons. The zero-order valence-electron chi connectivity index (χ0n) is 14.7. The minimum absolute atomic E-state index is 0.252. The Hall–Kier alpha value is -2.92. The summed E-state index contributed by atoms with van der Waals surface area (Å²) >= 11 is 6.15. The number of carbonyl (C=O) groups is 1. The number of benzene rings is 2. The minimum atomic E-state index is -0.252. The maximum atomic E-state index is 12.7. The first kappa shape index (κ1) is 17.5. The van der Waals surface area contributed by atoms with Gasteiger partial charge in [0, 0.05) is 36.1 Å². The van der Waals surface area contributed by atoms with E-state index in [0.29, 0.717) is 22.1 Å². The van der Waals surface area contributed by atoms with Gasteiger partial charge in [0.05, 0.1) is 16.9 Å². The van der Waals surface area contributed by atoms with Gasteiger partial charge in [0.1, 0.15) is 0 Å². The van der Waals surface area contributed by atoms with Crippen molar-refractivity contribution in [2.45, 2.75) is 12.8 Å². The highest BCUT2D eigenvalue weighted by molar-refractivity contribution is 6.31. The highest BCUT2D eigenvalue weighted by Crippen LogP contribution is 2.31. The zero-order valence-corrected chi connectivity index (χ0v) is 15.5. The molecule has 1 saturated heterocycles. The Morgan fingerprint density at radius 2 is 1.70 bits per heavy atom. The van der Waals surface area contributed by atoms with Gasteiger partial charge in [-0.15, -0.1) is 0 Å². The molecule has 0 atom stereocenters. The lowest BCUT2D eigenvalue weighted by Crippen LogP contribution is -2.21. The van der Waals surface area contributed by atoms with Crippen molar-refractivity contribution < 1.29 is 4.79 Å². The Morgan fingerprint density at radius 3 is 2.41 bits per heavy atom. The fourth-order valence-electron chi connectivity index (χ4n) is 3.22. The summed E-state index contributed by atoms with van der Waals surface area (Å²) in [6.45, 7) is 1.97. The van der Waals surface area contributed by atoms with Gasteiger partial charge in [-0.25, -0.2) is 9.97 Å². The van der Waals surface area contributed by atoms with Crippen LogP contribution in [0.3, 0.4) is 0 Å². The maximum absolute atomic E-state index is 12.7. The van der Waals surface area contributed by atoms with Gasteiger partial charge >= 0.3 is 0 Å². The van der Waals surface area contributed by atoms with Crippen LogP contribution in [-0.4, -0.2) is 29.0 Å². The predicted octanol–water partition coefficient (Wildman–Crippen LogP) is 4.65. The van der Waals surface area contributed by atoms with Gasteiger partial charge in [-0.1, -0.05) is 41.9 Å². The van der Waals surface area contributed by atoms with E-state index in [0.717, 1.165) is 37.2 Å². The zero-order chi connectivity index (χ0) is 18.6. The molecule has 27 heavy (non-hydrogen) atoms. The summed E-state index contributed by atoms with van der Waals surface area (Å²) in [4.78, 5) is 23.6. The van der Waals surface area contributed by atoms with Crippen LogP contribution in [0.15, 0.2) is 60.9 Å². The van der Waals surface area contributed by atoms with E-state index < -0.39 is 0 Å². The van der Waals surface area contributed by atoms with Gasteiger partial charge in [-0.3, -0.25) is 4.79 Å². The van der Waals surface area contributed by atoms with Crippen molar-refractivity contribution >= 4 is 28.9 Å². The summed E-state index contributed by atoms with van der Waals surface area (Å²) in [5.74, 6) is 0.338. The molecule has 3 aromatic rings. The van der Waals surface area contributed by atoms with E-state index >= 15 is 0 Å². The number of amides is 1. The second kappa shape index (κ2) is 7.76. The summed E-state index contributed by atoms with van der Waals surface area (Å²) in [7, 11) is 0. The average Bonchev–Trinajstić information content (AvgIpc) is 3.23. The van der Waals surface area contributed by atoms with Gasteiger partial charge in [-0.05, 0) is 31.0 Å². The molecule has 0 spiro atoms. The van der Waals surface area contributed by atoms with Crippen molar-refractivity contribution in [1.29, 1.82) is 0 Å². The molecule has 1 fully saturated rings. The van der Waals surface area contributed by atoms with Crippen LogP contribution in [0.5, 0.6) is 0 Å². The Labute approximate surface area is 163 Å². The summed E-state index contributed by atoms with van der Waals surface area (Å²) in [6, 6.07) is 15.3. The highest BCUT2D eigenvalue weighted by atomic mass is 35.5. The molecule has 0 saturated carbocycles. The molecule has 1 aromatic heterocycles. The molecule has 0 aliphatic carbocycles. The Kier molecular flexibility index (Phi) is 5.03. The third kappa shape index (κ3) is 3.93. The molecule has 0 unspecified atom stereocenters. The first-order valence-electron chi connectivity index (χ1n) is 8.94. The Morgan fingerprint density at radius 1 is 1.00 bits per heavy atom. The number of hydrogen-bond acceptors (Lipinski definition) is 4. The van der Waals surface area contributed by atoms with Gasteiger partial charge in [0.2, 0.25) is 0 Å². The van der Waals surface area contributed by atoms with E-state index in [1.54, 1.807) is 18.5 Å². The quantitative estimate of drug-likeness (QED) is 0.718. The molecular weight excluding hydrogens is 360 g/mol. The number of halogens is 1. The summed E-state index contributed by atoms with van der Waals surface area (Å²) in [6.07, 6.45) is 5.41. The normalized spacial score (nSPS) is 13.6. The van der Waals surface area contributed by atoms with Gasteiger partial charge in [0.25, 0.3) is 5.91 Å². The van der Waals surface area contributed by atoms with Crippen LogP contribution < -0.4 is 10.2 Å². The van der Waals surface area contributed by atoms with E-state index in [1.165, 1.54) is 0 Å². The molecule has 1 N–H and O–H groups in total. The molecule has 2 aromatic carbocycles. The monoisotopic (exact) mass is 378 g/mol. The number of carbonyl (C=O) groups excluding carboxylic acids is 1. The second-order valence-corrected chi connectivity index (χ2v) is 6.91. The molecule has 0 bridgehead atoms. The number of nitrogens with one attached hydrogen (secondary N) is 1. The van der Waals surface area contributed by atoms with Gasteiger partial charge < -0.3 is 10.2 Å². The highest BCUT2D eigenvalue weighted by Gasteiger charge is 2.18. The Bertz CT molecular complexity index is 938. The molecule has 136 valence electrons. The maximum Gasteiger partial charge on any atom is 0.258 e. The fraction of sp³-hybridized carbons (Fsp3) is 0.190. The number of rotatable bonds is 4. The molecule has 5 nitrogen and oxygen atoms in total. The first-order valence-corrected chi connectivity index (χ1v) is 9.32. The van der Waals surface area contributed by atoms with E-state index in [4.69, 9.17) is 11.6 Å². The molecule has 2 heterocycles. The molecule has 6 heteroatoms. The third-order valence-corrected chi connectivity index (χ3v) is 4.83. The van der Waals surface area contributed by atoms with E-state index in [2.05, 4.69) is 20.2 Å². The van der Waals surface area contributed by atoms with E-state index in [9.17, 15) is 4.79 Å². The van der Waals surface area contributed by atoms with Crippen LogP contribution >= 0.6 is 11.6 Å². The van der Waals surface area contributed by atoms with Crippen molar-refractivity contribution in [2.24, 2.45) is 0 Å².